The van der Waals surface area contributed by atoms with E-state index >= 15 is 0 Å². The van der Waals surface area contributed by atoms with Crippen LogP contribution >= 0.6 is 0 Å². The zero-order chi connectivity index (χ0) is 18.2. The average Bonchev–Trinajstić information content (AvgIpc) is 2.59. The van der Waals surface area contributed by atoms with Crippen LogP contribution in [0.4, 0.5) is 4.39 Å². The summed E-state index contributed by atoms with van der Waals surface area (Å²) >= 11 is 0. The average molecular weight is 346 g/mol. The molecule has 0 unspecified atom stereocenters. The maximum absolute atomic E-state index is 13.4. The van der Waals surface area contributed by atoms with Gasteiger partial charge in [0.05, 0.1) is 11.1 Å². The van der Waals surface area contributed by atoms with Crippen LogP contribution < -0.4 is 5.56 Å². The van der Waals surface area contributed by atoms with Gasteiger partial charge < -0.3 is 15.0 Å². The molecule has 3 rings (SSSR count). The minimum absolute atomic E-state index is 0.0763. The van der Waals surface area contributed by atoms with Gasteiger partial charge in [-0.05, 0) is 31.0 Å². The Hall–Kier alpha value is -2.70. The first-order valence-corrected chi connectivity index (χ1v) is 8.19. The molecule has 1 amide bonds. The van der Waals surface area contributed by atoms with Crippen LogP contribution in [0.3, 0.4) is 0 Å². The van der Waals surface area contributed by atoms with E-state index in [1.807, 2.05) is 0 Å². The van der Waals surface area contributed by atoms with Crippen LogP contribution in [0, 0.1) is 5.82 Å². The molecule has 1 aliphatic rings. The van der Waals surface area contributed by atoms with E-state index in [9.17, 15) is 23.9 Å². The lowest BCUT2D eigenvalue weighted by Crippen LogP contribution is -2.56. The highest BCUT2D eigenvalue weighted by molar-refractivity contribution is 6.07. The molecular weight excluding hydrogens is 327 g/mol. The number of halogens is 1. The van der Waals surface area contributed by atoms with Crippen molar-refractivity contribution in [3.05, 3.63) is 46.0 Å². The van der Waals surface area contributed by atoms with Gasteiger partial charge in [-0.1, -0.05) is 19.3 Å². The van der Waals surface area contributed by atoms with Crippen LogP contribution in [-0.2, 0) is 4.79 Å². The molecule has 1 saturated carbocycles. The summed E-state index contributed by atoms with van der Waals surface area (Å²) in [7, 11) is 1.46. The van der Waals surface area contributed by atoms with Crippen molar-refractivity contribution in [3.8, 4) is 0 Å². The Bertz CT molecular complexity index is 900. The summed E-state index contributed by atoms with van der Waals surface area (Å²) < 4.78 is 13.4. The Morgan fingerprint density at radius 1 is 1.20 bits per heavy atom. The normalized spacial score (nSPS) is 16.6. The van der Waals surface area contributed by atoms with E-state index in [2.05, 4.69) is 4.98 Å². The molecule has 132 valence electrons. The summed E-state index contributed by atoms with van der Waals surface area (Å²) in [5, 5.41) is 10.1. The third-order valence-electron chi connectivity index (χ3n) is 5.06. The lowest BCUT2D eigenvalue weighted by Gasteiger charge is -2.41. The van der Waals surface area contributed by atoms with Crippen molar-refractivity contribution in [1.29, 1.82) is 0 Å². The number of rotatable bonds is 3. The van der Waals surface area contributed by atoms with E-state index < -0.39 is 28.8 Å². The smallest absolute Gasteiger partial charge is 0.329 e. The van der Waals surface area contributed by atoms with Crippen LogP contribution in [0.5, 0.6) is 0 Å². The number of carboxylic acids is 1. The number of hydrogen-bond donors (Lipinski definition) is 2. The van der Waals surface area contributed by atoms with Gasteiger partial charge in [0.2, 0.25) is 5.56 Å². The van der Waals surface area contributed by atoms with Gasteiger partial charge in [-0.3, -0.25) is 9.59 Å². The molecule has 25 heavy (non-hydrogen) atoms. The molecule has 0 atom stereocenters. The maximum Gasteiger partial charge on any atom is 0.329 e. The Balaban J connectivity index is 2.10. The molecule has 1 aliphatic carbocycles. The fraction of sp³-hybridized carbons (Fsp3) is 0.389. The Kier molecular flexibility index (Phi) is 4.32. The van der Waals surface area contributed by atoms with Gasteiger partial charge in [0.15, 0.2) is 0 Å². The number of fused-ring (bicyclic) bond motifs is 1. The largest absolute Gasteiger partial charge is 0.479 e. The van der Waals surface area contributed by atoms with Crippen molar-refractivity contribution < 1.29 is 19.1 Å². The Labute approximate surface area is 143 Å². The van der Waals surface area contributed by atoms with Gasteiger partial charge in [-0.15, -0.1) is 0 Å². The van der Waals surface area contributed by atoms with Crippen molar-refractivity contribution in [1.82, 2.24) is 9.88 Å². The van der Waals surface area contributed by atoms with Crippen molar-refractivity contribution in [2.45, 2.75) is 37.6 Å². The number of pyridine rings is 1. The molecule has 1 aromatic heterocycles. The quantitative estimate of drug-likeness (QED) is 0.893. The standard InChI is InChI=1S/C18H19FN2O4/c1-21(18(17(24)25)7-3-2-4-8-18)16(23)13-10-15(22)20-14-9-11(19)5-6-12(13)14/h5-6,9-10H,2-4,7-8H2,1H3,(H,20,22)(H,24,25). The highest BCUT2D eigenvalue weighted by atomic mass is 19.1. The van der Waals surface area contributed by atoms with Crippen LogP contribution in [0.2, 0.25) is 0 Å². The number of benzene rings is 1. The third-order valence-corrected chi connectivity index (χ3v) is 5.06. The van der Waals surface area contributed by atoms with E-state index in [1.165, 1.54) is 24.1 Å². The van der Waals surface area contributed by atoms with Gasteiger partial charge in [-0.25, -0.2) is 9.18 Å². The van der Waals surface area contributed by atoms with Crippen molar-refractivity contribution in [2.24, 2.45) is 0 Å². The lowest BCUT2D eigenvalue weighted by molar-refractivity contribution is -0.151. The van der Waals surface area contributed by atoms with Crippen molar-refractivity contribution in [2.75, 3.05) is 7.05 Å². The van der Waals surface area contributed by atoms with Crippen LogP contribution in [0.1, 0.15) is 42.5 Å². The van der Waals surface area contributed by atoms with Crippen LogP contribution in [0.25, 0.3) is 10.9 Å². The number of nitrogens with one attached hydrogen (secondary N) is 1. The fourth-order valence-corrected chi connectivity index (χ4v) is 3.61. The second-order valence-electron chi connectivity index (χ2n) is 6.50. The van der Waals surface area contributed by atoms with Gasteiger partial charge in [0, 0.05) is 18.5 Å². The number of amides is 1. The summed E-state index contributed by atoms with van der Waals surface area (Å²) in [6.07, 6.45) is 3.14. The number of aromatic nitrogens is 1. The predicted octanol–water partition coefficient (Wildman–Crippen LogP) is 2.53. The SMILES string of the molecule is CN(C(=O)c1cc(=O)[nH]c2cc(F)ccc12)C1(C(=O)O)CCCCC1. The first-order chi connectivity index (χ1) is 11.8. The lowest BCUT2D eigenvalue weighted by atomic mass is 9.80. The first kappa shape index (κ1) is 17.1. The number of likely N-dealkylation sites (N-methyl/N-ethyl adjacent to an activating group) is 1. The molecular formula is C18H19FN2O4. The molecule has 0 spiro atoms. The monoisotopic (exact) mass is 346 g/mol. The second-order valence-corrected chi connectivity index (χ2v) is 6.50. The number of carboxylic acid groups (broad SMARTS) is 1. The Morgan fingerprint density at radius 3 is 2.52 bits per heavy atom. The number of aliphatic carboxylic acids is 1. The zero-order valence-corrected chi connectivity index (χ0v) is 13.8. The van der Waals surface area contributed by atoms with E-state index in [0.717, 1.165) is 31.4 Å². The molecule has 2 aromatic rings. The molecule has 0 bridgehead atoms. The number of carbonyl (C=O) groups is 2. The molecule has 6 nitrogen and oxygen atoms in total. The van der Waals surface area contributed by atoms with Crippen LogP contribution in [0.15, 0.2) is 29.1 Å². The minimum Gasteiger partial charge on any atom is -0.479 e. The number of aromatic amines is 1. The van der Waals surface area contributed by atoms with Gasteiger partial charge in [0.1, 0.15) is 11.4 Å². The maximum atomic E-state index is 13.4. The van der Waals surface area contributed by atoms with E-state index in [0.29, 0.717) is 18.2 Å². The number of nitrogens with zero attached hydrogens (tertiary/aromatic N) is 1. The number of hydrogen-bond acceptors (Lipinski definition) is 3. The molecule has 7 heteroatoms. The molecule has 1 fully saturated rings. The third kappa shape index (κ3) is 2.90. The summed E-state index contributed by atoms with van der Waals surface area (Å²) in [6, 6.07) is 4.89. The van der Waals surface area contributed by atoms with E-state index in [4.69, 9.17) is 0 Å². The number of carbonyl (C=O) groups excluding carboxylic acids is 1. The van der Waals surface area contributed by atoms with E-state index in [1.54, 1.807) is 0 Å². The van der Waals surface area contributed by atoms with Gasteiger partial charge in [-0.2, -0.15) is 0 Å². The van der Waals surface area contributed by atoms with Gasteiger partial charge in [0.25, 0.3) is 5.91 Å². The van der Waals surface area contributed by atoms with Crippen molar-refractivity contribution in [3.63, 3.8) is 0 Å². The Morgan fingerprint density at radius 2 is 1.88 bits per heavy atom. The second kappa shape index (κ2) is 6.31. The highest BCUT2D eigenvalue weighted by Crippen LogP contribution is 2.34. The minimum atomic E-state index is -1.27. The predicted molar refractivity (Wildman–Crippen MR) is 90.1 cm³/mol. The molecule has 0 radical (unpaired) electrons. The topological polar surface area (TPSA) is 90.5 Å². The summed E-state index contributed by atoms with van der Waals surface area (Å²) in [6.45, 7) is 0. The first-order valence-electron chi connectivity index (χ1n) is 8.19. The highest BCUT2D eigenvalue weighted by Gasteiger charge is 2.45. The van der Waals surface area contributed by atoms with Gasteiger partial charge >= 0.3 is 5.97 Å². The zero-order valence-electron chi connectivity index (χ0n) is 13.8. The fourth-order valence-electron chi connectivity index (χ4n) is 3.61. The number of H-pyrrole nitrogens is 1. The molecule has 0 aliphatic heterocycles. The molecule has 2 N–H and O–H groups in total. The summed E-state index contributed by atoms with van der Waals surface area (Å²) in [5.41, 5.74) is -1.53. The molecule has 1 heterocycles. The summed E-state index contributed by atoms with van der Waals surface area (Å²) in [4.78, 5) is 40.5. The van der Waals surface area contributed by atoms with Crippen LogP contribution in [-0.4, -0.2) is 39.5 Å². The molecule has 1 aromatic carbocycles. The summed E-state index contributed by atoms with van der Waals surface area (Å²) in [5.74, 6) is -2.12. The van der Waals surface area contributed by atoms with Crippen molar-refractivity contribution >= 4 is 22.8 Å². The molecule has 0 saturated heterocycles. The van der Waals surface area contributed by atoms with E-state index in [-0.39, 0.29) is 11.1 Å².